The zero-order chi connectivity index (χ0) is 18.0. The van der Waals surface area contributed by atoms with Crippen molar-refractivity contribution in [2.75, 3.05) is 25.0 Å². The van der Waals surface area contributed by atoms with Crippen molar-refractivity contribution in [3.05, 3.63) is 65.7 Å². The van der Waals surface area contributed by atoms with Gasteiger partial charge in [-0.3, -0.25) is 4.79 Å². The first-order valence-electron chi connectivity index (χ1n) is 9.84. The highest BCUT2D eigenvalue weighted by Crippen LogP contribution is 2.49. The fourth-order valence-corrected chi connectivity index (χ4v) is 4.18. The Balaban J connectivity index is 1.41. The third-order valence-corrected chi connectivity index (χ3v) is 5.91. The average Bonchev–Trinajstić information content (AvgIpc) is 3.51. The van der Waals surface area contributed by atoms with Gasteiger partial charge in [-0.15, -0.1) is 0 Å². The topological polar surface area (TPSA) is 23.6 Å². The van der Waals surface area contributed by atoms with Gasteiger partial charge in [0.2, 0.25) is 5.91 Å². The monoisotopic (exact) mass is 348 g/mol. The summed E-state index contributed by atoms with van der Waals surface area (Å²) in [4.78, 5) is 17.4. The molecule has 0 radical (unpaired) electrons. The van der Waals surface area contributed by atoms with Gasteiger partial charge >= 0.3 is 0 Å². The number of anilines is 1. The van der Waals surface area contributed by atoms with Crippen LogP contribution in [-0.4, -0.2) is 30.9 Å². The van der Waals surface area contributed by atoms with Crippen molar-refractivity contribution in [3.8, 4) is 0 Å². The van der Waals surface area contributed by atoms with Crippen molar-refractivity contribution >= 4 is 11.6 Å². The zero-order valence-electron chi connectivity index (χ0n) is 15.7. The van der Waals surface area contributed by atoms with Gasteiger partial charge in [0.05, 0.1) is 5.41 Å². The lowest BCUT2D eigenvalue weighted by molar-refractivity contribution is -0.133. The zero-order valence-corrected chi connectivity index (χ0v) is 15.7. The van der Waals surface area contributed by atoms with Crippen LogP contribution >= 0.6 is 0 Å². The van der Waals surface area contributed by atoms with Crippen molar-refractivity contribution in [3.63, 3.8) is 0 Å². The molecular formula is C23H28N2O. The molecule has 0 aromatic heterocycles. The minimum absolute atomic E-state index is 0.254. The lowest BCUT2D eigenvalue weighted by atomic mass is 9.94. The molecule has 1 amide bonds. The minimum Gasteiger partial charge on any atom is -0.372 e. The summed E-state index contributed by atoms with van der Waals surface area (Å²) in [5.41, 5.74) is 3.40. The molecule has 0 spiro atoms. The molecule has 26 heavy (non-hydrogen) atoms. The molecule has 2 fully saturated rings. The smallest absolute Gasteiger partial charge is 0.233 e. The second-order valence-corrected chi connectivity index (χ2v) is 7.82. The number of piperidine rings is 1. The fourth-order valence-electron chi connectivity index (χ4n) is 4.18. The summed E-state index contributed by atoms with van der Waals surface area (Å²) in [5.74, 6) is 0.254. The lowest BCUT2D eigenvalue weighted by Crippen LogP contribution is -2.36. The maximum Gasteiger partial charge on any atom is 0.233 e. The first-order chi connectivity index (χ1) is 12.7. The molecule has 0 N–H and O–H groups in total. The van der Waals surface area contributed by atoms with E-state index in [9.17, 15) is 4.79 Å². The van der Waals surface area contributed by atoms with Gasteiger partial charge in [-0.05, 0) is 55.4 Å². The van der Waals surface area contributed by atoms with Gasteiger partial charge < -0.3 is 9.80 Å². The summed E-state index contributed by atoms with van der Waals surface area (Å²) in [6.07, 6.45) is 5.87. The molecule has 3 heteroatoms. The van der Waals surface area contributed by atoms with Gasteiger partial charge in [-0.2, -0.15) is 0 Å². The van der Waals surface area contributed by atoms with Gasteiger partial charge in [0, 0.05) is 32.4 Å². The number of hydrogen-bond acceptors (Lipinski definition) is 2. The highest BCUT2D eigenvalue weighted by molar-refractivity contribution is 5.91. The third kappa shape index (κ3) is 3.35. The number of carbonyl (C=O) groups is 1. The normalized spacial score (nSPS) is 18.4. The number of amides is 1. The Kier molecular flexibility index (Phi) is 4.71. The van der Waals surface area contributed by atoms with Gasteiger partial charge in [0.15, 0.2) is 0 Å². The number of benzene rings is 2. The van der Waals surface area contributed by atoms with Crippen molar-refractivity contribution in [2.45, 2.75) is 44.1 Å². The van der Waals surface area contributed by atoms with E-state index in [2.05, 4.69) is 41.3 Å². The van der Waals surface area contributed by atoms with Crippen molar-refractivity contribution < 1.29 is 4.79 Å². The number of likely N-dealkylation sites (N-methyl/N-ethyl adjacent to an activating group) is 1. The van der Waals surface area contributed by atoms with E-state index in [1.54, 1.807) is 0 Å². The Hall–Kier alpha value is -2.29. The summed E-state index contributed by atoms with van der Waals surface area (Å²) < 4.78 is 0. The second kappa shape index (κ2) is 7.14. The maximum atomic E-state index is 13.1. The van der Waals surface area contributed by atoms with Crippen LogP contribution in [0.1, 0.15) is 43.2 Å². The van der Waals surface area contributed by atoms with E-state index in [4.69, 9.17) is 0 Å². The summed E-state index contributed by atoms with van der Waals surface area (Å²) in [5, 5.41) is 0. The molecule has 2 aromatic rings. The molecule has 3 nitrogen and oxygen atoms in total. The van der Waals surface area contributed by atoms with Crippen LogP contribution in [0.2, 0.25) is 0 Å². The highest BCUT2D eigenvalue weighted by Gasteiger charge is 2.52. The first kappa shape index (κ1) is 17.1. The van der Waals surface area contributed by atoms with Crippen molar-refractivity contribution in [1.82, 2.24) is 4.90 Å². The van der Waals surface area contributed by atoms with E-state index in [0.717, 1.165) is 31.5 Å². The molecule has 2 aromatic carbocycles. The molecule has 1 heterocycles. The SMILES string of the molecule is CN(Cc1ccc(N2CCCCC2)cc1)C(=O)C1(c2ccccc2)CC1. The Morgan fingerprint density at radius 3 is 2.23 bits per heavy atom. The highest BCUT2D eigenvalue weighted by atomic mass is 16.2. The number of rotatable bonds is 5. The van der Waals surface area contributed by atoms with Gasteiger partial charge in [0.25, 0.3) is 0 Å². The molecule has 1 aliphatic heterocycles. The molecule has 0 bridgehead atoms. The quantitative estimate of drug-likeness (QED) is 0.801. The molecular weight excluding hydrogens is 320 g/mol. The van der Waals surface area contributed by atoms with Crippen LogP contribution < -0.4 is 4.90 Å². The molecule has 4 rings (SSSR count). The summed E-state index contributed by atoms with van der Waals surface area (Å²) in [7, 11) is 1.93. The molecule has 1 saturated carbocycles. The standard InChI is InChI=1S/C23H28N2O/c1-24(22(26)23(14-15-23)20-8-4-2-5-9-20)18-19-10-12-21(13-11-19)25-16-6-3-7-17-25/h2,4-5,8-13H,3,6-7,14-18H2,1H3. The third-order valence-electron chi connectivity index (χ3n) is 5.91. The fraction of sp³-hybridized carbons (Fsp3) is 0.435. The Morgan fingerprint density at radius 2 is 1.62 bits per heavy atom. The van der Waals surface area contributed by atoms with E-state index in [-0.39, 0.29) is 11.3 Å². The second-order valence-electron chi connectivity index (χ2n) is 7.82. The maximum absolute atomic E-state index is 13.1. The Bertz CT molecular complexity index is 744. The number of carbonyl (C=O) groups excluding carboxylic acids is 1. The van der Waals surface area contributed by atoms with Crippen LogP contribution in [0, 0.1) is 0 Å². The van der Waals surface area contributed by atoms with Gasteiger partial charge in [0.1, 0.15) is 0 Å². The summed E-state index contributed by atoms with van der Waals surface area (Å²) in [6, 6.07) is 19.0. The van der Waals surface area contributed by atoms with Crippen molar-refractivity contribution in [1.29, 1.82) is 0 Å². The van der Waals surface area contributed by atoms with Crippen LogP contribution in [0.25, 0.3) is 0 Å². The van der Waals surface area contributed by atoms with E-state index in [1.807, 2.05) is 30.1 Å². The van der Waals surface area contributed by atoms with E-state index < -0.39 is 0 Å². The molecule has 0 atom stereocenters. The Labute approximate surface area is 156 Å². The summed E-state index contributed by atoms with van der Waals surface area (Å²) >= 11 is 0. The molecule has 0 unspecified atom stereocenters. The van der Waals surface area contributed by atoms with Crippen LogP contribution in [0.3, 0.4) is 0 Å². The molecule has 136 valence electrons. The van der Waals surface area contributed by atoms with Crippen LogP contribution in [0.5, 0.6) is 0 Å². The number of hydrogen-bond donors (Lipinski definition) is 0. The van der Waals surface area contributed by atoms with Crippen LogP contribution in [-0.2, 0) is 16.8 Å². The van der Waals surface area contributed by atoms with Crippen LogP contribution in [0.15, 0.2) is 54.6 Å². The molecule has 2 aliphatic rings. The van der Waals surface area contributed by atoms with Gasteiger partial charge in [-0.1, -0.05) is 42.5 Å². The summed E-state index contributed by atoms with van der Waals surface area (Å²) in [6.45, 7) is 3.00. The Morgan fingerprint density at radius 1 is 0.962 bits per heavy atom. The van der Waals surface area contributed by atoms with Crippen LogP contribution in [0.4, 0.5) is 5.69 Å². The van der Waals surface area contributed by atoms with Crippen molar-refractivity contribution in [2.24, 2.45) is 0 Å². The van der Waals surface area contributed by atoms with E-state index >= 15 is 0 Å². The lowest BCUT2D eigenvalue weighted by Gasteiger charge is -2.29. The predicted molar refractivity (Wildman–Crippen MR) is 106 cm³/mol. The van der Waals surface area contributed by atoms with E-state index in [0.29, 0.717) is 6.54 Å². The molecule has 1 aliphatic carbocycles. The largest absolute Gasteiger partial charge is 0.372 e. The van der Waals surface area contributed by atoms with Gasteiger partial charge in [-0.25, -0.2) is 0 Å². The molecule has 1 saturated heterocycles. The van der Waals surface area contributed by atoms with E-state index in [1.165, 1.54) is 30.5 Å². The number of nitrogens with zero attached hydrogens (tertiary/aromatic N) is 2. The average molecular weight is 348 g/mol. The predicted octanol–water partition coefficient (Wildman–Crippen LogP) is 4.37. The first-order valence-corrected chi connectivity index (χ1v) is 9.84. The minimum atomic E-state index is -0.274.